The summed E-state index contributed by atoms with van der Waals surface area (Å²) in [5.74, 6) is -1.04. The molecule has 216 valence electrons. The molecular weight excluding hydrogens is 577 g/mol. The monoisotopic (exact) mass is 610 g/mol. The van der Waals surface area contributed by atoms with Gasteiger partial charge in [-0.3, -0.25) is 14.6 Å². The largest absolute Gasteiger partial charge is 0.342 e. The molecule has 40 heavy (non-hydrogen) atoms. The van der Waals surface area contributed by atoms with Gasteiger partial charge in [-0.1, -0.05) is 39.4 Å². The van der Waals surface area contributed by atoms with Crippen molar-refractivity contribution in [1.82, 2.24) is 20.2 Å². The minimum Gasteiger partial charge on any atom is -0.342 e. The number of nitrogens with one attached hydrogen (secondary N) is 2. The van der Waals surface area contributed by atoms with Crippen molar-refractivity contribution >= 4 is 55.5 Å². The molecule has 3 rings (SSSR count). The first-order chi connectivity index (χ1) is 19.0. The van der Waals surface area contributed by atoms with E-state index in [-0.39, 0.29) is 27.3 Å². The maximum Gasteiger partial charge on any atom is 0.285 e. The number of likely N-dealkylation sites (tertiary alicyclic amines) is 1. The normalized spacial score (nSPS) is 15.9. The SMILES string of the molecule is C=CN=C(/C=C(\C)CCCN1CCCCC1)C(=O)NC(C)c1ncc(C(=O)Nc2cc(C(F)(F)P)c(Cl)cn2)s1. The van der Waals surface area contributed by atoms with E-state index >= 15 is 0 Å². The number of aliphatic imine (C=N–C) groups is 1. The van der Waals surface area contributed by atoms with Gasteiger partial charge >= 0.3 is 0 Å². The Hall–Kier alpha value is -2.59. The number of piperidine rings is 1. The number of allylic oxidation sites excluding steroid dienone is 1. The van der Waals surface area contributed by atoms with Crippen molar-refractivity contribution < 1.29 is 18.4 Å². The summed E-state index contributed by atoms with van der Waals surface area (Å²) < 4.78 is 27.5. The van der Waals surface area contributed by atoms with E-state index < -0.39 is 23.2 Å². The Morgan fingerprint density at radius 2 is 2.02 bits per heavy atom. The van der Waals surface area contributed by atoms with Gasteiger partial charge in [0.2, 0.25) is 0 Å². The molecule has 1 fully saturated rings. The van der Waals surface area contributed by atoms with E-state index in [1.54, 1.807) is 13.0 Å². The number of aromatic nitrogens is 2. The lowest BCUT2D eigenvalue weighted by molar-refractivity contribution is -0.115. The molecule has 0 bridgehead atoms. The van der Waals surface area contributed by atoms with Crippen molar-refractivity contribution in [2.24, 2.45) is 4.99 Å². The first kappa shape index (κ1) is 31.9. The Morgan fingerprint density at radius 3 is 2.70 bits per heavy atom. The van der Waals surface area contributed by atoms with Gasteiger partial charge in [0, 0.05) is 18.0 Å². The van der Waals surface area contributed by atoms with Crippen LogP contribution in [-0.4, -0.2) is 52.0 Å². The Balaban J connectivity index is 1.58. The average Bonchev–Trinajstić information content (AvgIpc) is 3.40. The van der Waals surface area contributed by atoms with Crippen LogP contribution in [0.4, 0.5) is 14.6 Å². The number of hydrogen-bond acceptors (Lipinski definition) is 7. The molecule has 0 spiro atoms. The number of carbonyl (C=O) groups is 2. The Morgan fingerprint density at radius 1 is 1.30 bits per heavy atom. The minimum absolute atomic E-state index is 0.0776. The summed E-state index contributed by atoms with van der Waals surface area (Å²) in [6, 6.07) is 0.500. The molecule has 0 aliphatic carbocycles. The summed E-state index contributed by atoms with van der Waals surface area (Å²) in [4.78, 5) is 40.7. The van der Waals surface area contributed by atoms with Gasteiger partial charge in [-0.25, -0.2) is 9.97 Å². The molecule has 2 atom stereocenters. The van der Waals surface area contributed by atoms with E-state index in [0.29, 0.717) is 5.01 Å². The fraction of sp³-hybridized carbons (Fsp3) is 0.444. The van der Waals surface area contributed by atoms with Crippen LogP contribution < -0.4 is 10.6 Å². The smallest absolute Gasteiger partial charge is 0.285 e. The number of rotatable bonds is 12. The summed E-state index contributed by atoms with van der Waals surface area (Å²) in [5.41, 5.74) is -2.47. The number of anilines is 1. The van der Waals surface area contributed by atoms with E-state index in [4.69, 9.17) is 11.6 Å². The second kappa shape index (κ2) is 14.9. The first-order valence-corrected chi connectivity index (χ1v) is 14.7. The number of pyridine rings is 1. The van der Waals surface area contributed by atoms with Crippen molar-refractivity contribution in [3.05, 3.63) is 63.4 Å². The highest BCUT2D eigenvalue weighted by Crippen LogP contribution is 2.39. The summed E-state index contributed by atoms with van der Waals surface area (Å²) in [6.45, 7) is 10.7. The maximum atomic E-state index is 13.7. The van der Waals surface area contributed by atoms with Crippen LogP contribution in [0.5, 0.6) is 0 Å². The molecule has 0 radical (unpaired) electrons. The highest BCUT2D eigenvalue weighted by Gasteiger charge is 2.28. The Labute approximate surface area is 244 Å². The van der Waals surface area contributed by atoms with E-state index in [9.17, 15) is 18.4 Å². The van der Waals surface area contributed by atoms with E-state index in [1.165, 1.54) is 40.9 Å². The Kier molecular flexibility index (Phi) is 11.9. The van der Waals surface area contributed by atoms with E-state index in [2.05, 4.69) is 37.1 Å². The van der Waals surface area contributed by atoms with Crippen LogP contribution >= 0.6 is 32.2 Å². The summed E-state index contributed by atoms with van der Waals surface area (Å²) >= 11 is 6.87. The fourth-order valence-corrected chi connectivity index (χ4v) is 5.57. The van der Waals surface area contributed by atoms with Crippen molar-refractivity contribution in [2.75, 3.05) is 25.0 Å². The molecule has 1 saturated heterocycles. The van der Waals surface area contributed by atoms with Crippen LogP contribution in [0.2, 0.25) is 5.02 Å². The average molecular weight is 611 g/mol. The summed E-state index contributed by atoms with van der Waals surface area (Å²) in [5, 5.41) is 5.60. The predicted molar refractivity (Wildman–Crippen MR) is 160 cm³/mol. The van der Waals surface area contributed by atoms with Crippen molar-refractivity contribution in [2.45, 2.75) is 57.7 Å². The lowest BCUT2D eigenvalue weighted by Gasteiger charge is -2.26. The molecule has 2 unspecified atom stereocenters. The molecule has 2 aromatic rings. The molecule has 1 aliphatic heterocycles. The third-order valence-electron chi connectivity index (χ3n) is 6.26. The van der Waals surface area contributed by atoms with E-state index in [0.717, 1.165) is 61.6 Å². The van der Waals surface area contributed by atoms with Crippen LogP contribution in [-0.2, 0) is 10.5 Å². The number of nitrogens with zero attached hydrogens (tertiary/aromatic N) is 4. The van der Waals surface area contributed by atoms with Crippen molar-refractivity contribution in [3.63, 3.8) is 0 Å². The number of alkyl halides is 2. The van der Waals surface area contributed by atoms with Crippen LogP contribution in [0.3, 0.4) is 0 Å². The number of hydrogen-bond donors (Lipinski definition) is 2. The van der Waals surface area contributed by atoms with Gasteiger partial charge in [-0.15, -0.1) is 11.3 Å². The third kappa shape index (κ3) is 9.51. The van der Waals surface area contributed by atoms with Gasteiger partial charge in [-0.05, 0) is 71.3 Å². The number of amides is 2. The number of carbonyl (C=O) groups excluding carboxylic acids is 2. The van der Waals surface area contributed by atoms with E-state index in [1.807, 2.05) is 6.92 Å². The minimum atomic E-state index is -3.28. The lowest BCUT2D eigenvalue weighted by Crippen LogP contribution is -2.32. The molecule has 0 aromatic carbocycles. The van der Waals surface area contributed by atoms with Gasteiger partial charge in [0.25, 0.3) is 17.5 Å². The molecule has 0 saturated carbocycles. The molecular formula is C27H34ClF2N6O2PS. The first-order valence-electron chi connectivity index (χ1n) is 13.0. The zero-order chi connectivity index (χ0) is 29.3. The number of thiazole rings is 1. The Bertz CT molecular complexity index is 1270. The highest BCUT2D eigenvalue weighted by molar-refractivity contribution is 7.17. The second-order valence-electron chi connectivity index (χ2n) is 9.58. The quantitative estimate of drug-likeness (QED) is 0.216. The van der Waals surface area contributed by atoms with Crippen molar-refractivity contribution in [3.8, 4) is 0 Å². The number of halogens is 3. The fourth-order valence-electron chi connectivity index (χ4n) is 4.20. The van der Waals surface area contributed by atoms with Gasteiger partial charge in [0.15, 0.2) is 0 Å². The predicted octanol–water partition coefficient (Wildman–Crippen LogP) is 6.34. The zero-order valence-electron chi connectivity index (χ0n) is 22.6. The van der Waals surface area contributed by atoms with Crippen molar-refractivity contribution in [1.29, 1.82) is 0 Å². The molecule has 2 N–H and O–H groups in total. The van der Waals surface area contributed by atoms with Crippen LogP contribution in [0.1, 0.15) is 72.2 Å². The topological polar surface area (TPSA) is 99.6 Å². The summed E-state index contributed by atoms with van der Waals surface area (Å²) in [6.07, 6.45) is 11.2. The maximum absolute atomic E-state index is 13.7. The molecule has 2 aromatic heterocycles. The molecule has 2 amide bonds. The molecule has 1 aliphatic rings. The third-order valence-corrected chi connectivity index (χ3v) is 8.05. The van der Waals surface area contributed by atoms with Gasteiger partial charge < -0.3 is 15.5 Å². The second-order valence-corrected chi connectivity index (χ2v) is 11.8. The zero-order valence-corrected chi connectivity index (χ0v) is 25.3. The van der Waals surface area contributed by atoms with Crippen LogP contribution in [0.25, 0.3) is 0 Å². The van der Waals surface area contributed by atoms with Crippen LogP contribution in [0.15, 0.2) is 47.9 Å². The molecule has 8 nitrogen and oxygen atoms in total. The van der Waals surface area contributed by atoms with Gasteiger partial charge in [0.05, 0.1) is 17.3 Å². The van der Waals surface area contributed by atoms with Gasteiger partial charge in [-0.2, -0.15) is 8.78 Å². The standard InChI is InChI=1S/C27H34ClF2N6O2PS/c1-4-31-21(13-17(2)9-8-12-36-10-6-5-7-11-36)24(37)34-18(3)26-33-16-22(40-26)25(38)35-23-14-19(27(29,30)39)20(28)15-32-23/h4,13-16,18H,1,5-12,39H2,2-3H3,(H,34,37)(H,32,35,38)/b17-13+,31-21?. The van der Waals surface area contributed by atoms with Crippen LogP contribution in [0, 0.1) is 0 Å². The molecule has 13 heteroatoms. The van der Waals surface area contributed by atoms with Gasteiger partial charge in [0.1, 0.15) is 21.4 Å². The highest BCUT2D eigenvalue weighted by atomic mass is 35.5. The summed E-state index contributed by atoms with van der Waals surface area (Å²) in [7, 11) is 1.40. The molecule has 3 heterocycles. The lowest BCUT2D eigenvalue weighted by atomic mass is 10.1.